The van der Waals surface area contributed by atoms with Gasteiger partial charge in [-0.05, 0) is 25.8 Å². The topological polar surface area (TPSA) is 52.6 Å². The van der Waals surface area contributed by atoms with E-state index in [1.54, 1.807) is 0 Å². The largest absolute Gasteiger partial charge is 0.481 e. The second kappa shape index (κ2) is 5.05. The quantitative estimate of drug-likeness (QED) is 0.799. The van der Waals surface area contributed by atoms with Crippen LogP contribution in [0.3, 0.4) is 0 Å². The van der Waals surface area contributed by atoms with Crippen molar-refractivity contribution in [3.8, 4) is 0 Å². The van der Waals surface area contributed by atoms with Gasteiger partial charge in [-0.15, -0.1) is 0 Å². The van der Waals surface area contributed by atoms with E-state index >= 15 is 0 Å². The Hall–Kier alpha value is -0.820. The summed E-state index contributed by atoms with van der Waals surface area (Å²) in [5.41, 5.74) is 0. The molecule has 3 atom stereocenters. The van der Waals surface area contributed by atoms with Crippen LogP contribution in [-0.4, -0.2) is 53.9 Å². The SMILES string of the molecule is O=C(O)C(CNC1CCN2CCCC12)C(F)(F)F. The summed E-state index contributed by atoms with van der Waals surface area (Å²) < 4.78 is 37.4. The van der Waals surface area contributed by atoms with Crippen molar-refractivity contribution in [3.63, 3.8) is 0 Å². The average Bonchev–Trinajstić information content (AvgIpc) is 2.79. The van der Waals surface area contributed by atoms with Gasteiger partial charge in [-0.2, -0.15) is 13.2 Å². The van der Waals surface area contributed by atoms with Crippen molar-refractivity contribution in [2.24, 2.45) is 5.92 Å². The number of fused-ring (bicyclic) bond motifs is 1. The van der Waals surface area contributed by atoms with Crippen LogP contribution >= 0.6 is 0 Å². The number of nitrogens with one attached hydrogen (secondary N) is 1. The molecule has 0 bridgehead atoms. The van der Waals surface area contributed by atoms with Crippen LogP contribution in [0.1, 0.15) is 19.3 Å². The van der Waals surface area contributed by atoms with E-state index in [9.17, 15) is 18.0 Å². The van der Waals surface area contributed by atoms with Gasteiger partial charge in [0, 0.05) is 25.2 Å². The maximum Gasteiger partial charge on any atom is 0.403 e. The summed E-state index contributed by atoms with van der Waals surface area (Å²) >= 11 is 0. The fourth-order valence-corrected chi connectivity index (χ4v) is 2.93. The standard InChI is InChI=1S/C11H17F3N2O2/c12-11(13,14)7(10(17)18)6-15-8-3-5-16-4-1-2-9(8)16/h7-9,15H,1-6H2,(H,17,18). The predicted octanol–water partition coefficient (Wildman–Crippen LogP) is 1.08. The molecule has 0 aromatic carbocycles. The first-order valence-corrected chi connectivity index (χ1v) is 6.16. The van der Waals surface area contributed by atoms with E-state index < -0.39 is 24.6 Å². The van der Waals surface area contributed by atoms with Gasteiger partial charge in [0.05, 0.1) is 0 Å². The first-order chi connectivity index (χ1) is 8.39. The van der Waals surface area contributed by atoms with Crippen LogP contribution in [0.2, 0.25) is 0 Å². The van der Waals surface area contributed by atoms with Crippen molar-refractivity contribution in [2.45, 2.75) is 37.5 Å². The number of hydrogen-bond acceptors (Lipinski definition) is 3. The highest BCUT2D eigenvalue weighted by Crippen LogP contribution is 2.30. The Kier molecular flexibility index (Phi) is 3.82. The Morgan fingerprint density at radius 2 is 2.11 bits per heavy atom. The number of alkyl halides is 3. The fourth-order valence-electron chi connectivity index (χ4n) is 2.93. The zero-order chi connectivity index (χ0) is 13.3. The molecular formula is C11H17F3N2O2. The molecule has 0 amide bonds. The van der Waals surface area contributed by atoms with E-state index in [0.29, 0.717) is 0 Å². The molecular weight excluding hydrogens is 249 g/mol. The van der Waals surface area contributed by atoms with Crippen LogP contribution < -0.4 is 5.32 Å². The zero-order valence-corrected chi connectivity index (χ0v) is 9.91. The highest BCUT2D eigenvalue weighted by Gasteiger charge is 2.46. The van der Waals surface area contributed by atoms with E-state index in [1.807, 2.05) is 0 Å². The molecule has 2 heterocycles. The summed E-state index contributed by atoms with van der Waals surface area (Å²) in [7, 11) is 0. The van der Waals surface area contributed by atoms with Crippen molar-refractivity contribution in [3.05, 3.63) is 0 Å². The lowest BCUT2D eigenvalue weighted by molar-refractivity contribution is -0.192. The second-order valence-electron chi connectivity index (χ2n) is 4.98. The number of carboxylic acid groups (broad SMARTS) is 1. The molecule has 2 fully saturated rings. The Balaban J connectivity index is 1.88. The van der Waals surface area contributed by atoms with E-state index in [0.717, 1.165) is 32.4 Å². The van der Waals surface area contributed by atoms with E-state index in [1.165, 1.54) is 0 Å². The van der Waals surface area contributed by atoms with Crippen LogP contribution in [0.15, 0.2) is 0 Å². The van der Waals surface area contributed by atoms with Crippen LogP contribution in [0.5, 0.6) is 0 Å². The molecule has 2 N–H and O–H groups in total. The minimum Gasteiger partial charge on any atom is -0.481 e. The van der Waals surface area contributed by atoms with Crippen molar-refractivity contribution in [1.82, 2.24) is 10.2 Å². The molecule has 2 rings (SSSR count). The number of carboxylic acids is 1. The fraction of sp³-hybridized carbons (Fsp3) is 0.909. The summed E-state index contributed by atoms with van der Waals surface area (Å²) in [6, 6.07) is 0.282. The highest BCUT2D eigenvalue weighted by atomic mass is 19.4. The summed E-state index contributed by atoms with van der Waals surface area (Å²) in [5.74, 6) is -4.12. The minimum atomic E-state index is -4.69. The van der Waals surface area contributed by atoms with Gasteiger partial charge < -0.3 is 10.4 Å². The number of aliphatic carboxylic acids is 1. The van der Waals surface area contributed by atoms with Crippen molar-refractivity contribution < 1.29 is 23.1 Å². The molecule has 7 heteroatoms. The normalized spacial score (nSPS) is 30.4. The molecule has 18 heavy (non-hydrogen) atoms. The van der Waals surface area contributed by atoms with Gasteiger partial charge in [0.1, 0.15) is 0 Å². The second-order valence-corrected chi connectivity index (χ2v) is 4.98. The third-order valence-corrected chi connectivity index (χ3v) is 3.88. The summed E-state index contributed by atoms with van der Waals surface area (Å²) in [6.45, 7) is 1.37. The highest BCUT2D eigenvalue weighted by molar-refractivity contribution is 5.71. The van der Waals surface area contributed by atoms with E-state index in [-0.39, 0.29) is 12.1 Å². The molecule has 2 aliphatic heterocycles. The average molecular weight is 266 g/mol. The molecule has 2 aliphatic rings. The number of carbonyl (C=O) groups is 1. The van der Waals surface area contributed by atoms with Gasteiger partial charge in [-0.1, -0.05) is 0 Å². The number of rotatable bonds is 4. The van der Waals surface area contributed by atoms with Gasteiger partial charge in [0.15, 0.2) is 5.92 Å². The Bertz CT molecular complexity index is 322. The lowest BCUT2D eigenvalue weighted by Gasteiger charge is -2.24. The van der Waals surface area contributed by atoms with Crippen molar-refractivity contribution >= 4 is 5.97 Å². The first kappa shape index (κ1) is 13.6. The number of nitrogens with zero attached hydrogens (tertiary/aromatic N) is 1. The number of halogens is 3. The number of hydrogen-bond donors (Lipinski definition) is 2. The maximum atomic E-state index is 12.5. The summed E-state index contributed by atoms with van der Waals surface area (Å²) in [6.07, 6.45) is -1.83. The predicted molar refractivity (Wildman–Crippen MR) is 58.2 cm³/mol. The molecule has 0 aromatic heterocycles. The van der Waals surface area contributed by atoms with Crippen molar-refractivity contribution in [1.29, 1.82) is 0 Å². The molecule has 0 saturated carbocycles. The van der Waals surface area contributed by atoms with Gasteiger partial charge in [0.2, 0.25) is 0 Å². The van der Waals surface area contributed by atoms with Crippen LogP contribution in [-0.2, 0) is 4.79 Å². The zero-order valence-electron chi connectivity index (χ0n) is 9.91. The maximum absolute atomic E-state index is 12.5. The third kappa shape index (κ3) is 2.77. The summed E-state index contributed by atoms with van der Waals surface area (Å²) in [4.78, 5) is 12.9. The van der Waals surface area contributed by atoms with Crippen molar-refractivity contribution in [2.75, 3.05) is 19.6 Å². The minimum absolute atomic E-state index is 0.00306. The molecule has 0 aliphatic carbocycles. The molecule has 0 radical (unpaired) electrons. The van der Waals surface area contributed by atoms with Gasteiger partial charge >= 0.3 is 12.1 Å². The van der Waals surface area contributed by atoms with Crippen LogP contribution in [0.4, 0.5) is 13.2 Å². The van der Waals surface area contributed by atoms with Gasteiger partial charge in [-0.3, -0.25) is 9.69 Å². The van der Waals surface area contributed by atoms with Crippen LogP contribution in [0, 0.1) is 5.92 Å². The summed E-state index contributed by atoms with van der Waals surface area (Å²) in [5, 5.41) is 11.4. The van der Waals surface area contributed by atoms with E-state index in [2.05, 4.69) is 10.2 Å². The lowest BCUT2D eigenvalue weighted by atomic mass is 10.0. The Morgan fingerprint density at radius 1 is 1.39 bits per heavy atom. The Morgan fingerprint density at radius 3 is 2.72 bits per heavy atom. The van der Waals surface area contributed by atoms with Gasteiger partial charge in [-0.25, -0.2) is 0 Å². The third-order valence-electron chi connectivity index (χ3n) is 3.88. The molecule has 3 unspecified atom stereocenters. The smallest absolute Gasteiger partial charge is 0.403 e. The molecule has 104 valence electrons. The lowest BCUT2D eigenvalue weighted by Crippen LogP contribution is -2.46. The molecule has 4 nitrogen and oxygen atoms in total. The monoisotopic (exact) mass is 266 g/mol. The first-order valence-electron chi connectivity index (χ1n) is 6.16. The molecule has 2 saturated heterocycles. The van der Waals surface area contributed by atoms with Crippen LogP contribution in [0.25, 0.3) is 0 Å². The molecule has 0 aromatic rings. The molecule has 0 spiro atoms. The Labute approximate surface area is 103 Å². The van der Waals surface area contributed by atoms with E-state index in [4.69, 9.17) is 5.11 Å². The van der Waals surface area contributed by atoms with Gasteiger partial charge in [0.25, 0.3) is 0 Å².